The van der Waals surface area contributed by atoms with E-state index in [0.29, 0.717) is 12.4 Å². The summed E-state index contributed by atoms with van der Waals surface area (Å²) >= 11 is 5.66. The van der Waals surface area contributed by atoms with Crippen LogP contribution in [0.15, 0.2) is 6.20 Å². The van der Waals surface area contributed by atoms with Crippen LogP contribution in [0.3, 0.4) is 0 Å². The fourth-order valence-corrected chi connectivity index (χ4v) is 1.87. The van der Waals surface area contributed by atoms with Crippen LogP contribution in [0.5, 0.6) is 0 Å². The van der Waals surface area contributed by atoms with Gasteiger partial charge < -0.3 is 0 Å². The van der Waals surface area contributed by atoms with Crippen LogP contribution in [0.25, 0.3) is 0 Å². The Balaban J connectivity index is 1.96. The van der Waals surface area contributed by atoms with Crippen molar-refractivity contribution < 1.29 is 0 Å². The molecule has 7 nitrogen and oxygen atoms in total. The molecular formula is C11H18ClN7. The van der Waals surface area contributed by atoms with Crippen molar-refractivity contribution in [1.29, 1.82) is 0 Å². The summed E-state index contributed by atoms with van der Waals surface area (Å²) < 4.78 is 3.58. The first-order chi connectivity index (χ1) is 9.33. The summed E-state index contributed by atoms with van der Waals surface area (Å²) in [4.78, 5) is 0. The summed E-state index contributed by atoms with van der Waals surface area (Å²) in [5.74, 6) is 1.45. The zero-order valence-corrected chi connectivity index (χ0v) is 11.8. The molecule has 0 N–H and O–H groups in total. The molecule has 19 heavy (non-hydrogen) atoms. The zero-order valence-electron chi connectivity index (χ0n) is 11.0. The quantitative estimate of drug-likeness (QED) is 0.682. The normalized spacial score (nSPS) is 11.1. The predicted molar refractivity (Wildman–Crippen MR) is 70.9 cm³/mol. The van der Waals surface area contributed by atoms with Crippen LogP contribution in [-0.2, 0) is 19.5 Å². The van der Waals surface area contributed by atoms with E-state index in [0.717, 1.165) is 43.7 Å². The molecule has 0 aliphatic rings. The average Bonchev–Trinajstić information content (AvgIpc) is 3.04. The third-order valence-electron chi connectivity index (χ3n) is 2.79. The Morgan fingerprint density at radius 1 is 1.21 bits per heavy atom. The molecule has 0 aromatic carbocycles. The number of rotatable bonds is 8. The third kappa shape index (κ3) is 3.99. The Hall–Kier alpha value is -1.50. The Morgan fingerprint density at radius 2 is 2.11 bits per heavy atom. The predicted octanol–water partition coefficient (Wildman–Crippen LogP) is 1.28. The first kappa shape index (κ1) is 13.9. The lowest BCUT2D eigenvalue weighted by molar-refractivity contribution is 0.511. The van der Waals surface area contributed by atoms with Crippen molar-refractivity contribution in [3.05, 3.63) is 17.7 Å². The van der Waals surface area contributed by atoms with Gasteiger partial charge in [-0.25, -0.2) is 9.36 Å². The van der Waals surface area contributed by atoms with Crippen molar-refractivity contribution in [2.24, 2.45) is 0 Å². The maximum Gasteiger partial charge on any atom is 0.172 e. The molecule has 0 atom stereocenters. The molecule has 104 valence electrons. The fourth-order valence-electron chi connectivity index (χ4n) is 1.74. The van der Waals surface area contributed by atoms with Crippen LogP contribution in [0.4, 0.5) is 0 Å². The van der Waals surface area contributed by atoms with Crippen LogP contribution >= 0.6 is 11.6 Å². The largest absolute Gasteiger partial charge is 0.245 e. The van der Waals surface area contributed by atoms with E-state index in [1.807, 2.05) is 10.9 Å². The second-order valence-corrected chi connectivity index (χ2v) is 4.75. The molecule has 0 saturated heterocycles. The Labute approximate surface area is 116 Å². The van der Waals surface area contributed by atoms with Gasteiger partial charge in [0, 0.05) is 18.6 Å². The fraction of sp³-hybridized carbons (Fsp3) is 0.727. The molecule has 0 radical (unpaired) electrons. The van der Waals surface area contributed by atoms with Crippen LogP contribution < -0.4 is 0 Å². The van der Waals surface area contributed by atoms with E-state index in [4.69, 9.17) is 11.6 Å². The van der Waals surface area contributed by atoms with E-state index < -0.39 is 0 Å². The van der Waals surface area contributed by atoms with Crippen molar-refractivity contribution in [2.45, 2.75) is 45.7 Å². The van der Waals surface area contributed by atoms with Crippen LogP contribution in [0.1, 0.15) is 37.7 Å². The summed E-state index contributed by atoms with van der Waals surface area (Å²) in [7, 11) is 0. The SMILES string of the molecule is CCCCn1nnnc1Cn1cc(CCCCl)nn1. The minimum absolute atomic E-state index is 0.546. The van der Waals surface area contributed by atoms with Crippen molar-refractivity contribution >= 4 is 11.6 Å². The van der Waals surface area contributed by atoms with Gasteiger partial charge in [-0.05, 0) is 29.7 Å². The Kier molecular flexibility index (Phi) is 5.26. The van der Waals surface area contributed by atoms with Gasteiger partial charge in [0.05, 0.1) is 5.69 Å². The monoisotopic (exact) mass is 283 g/mol. The van der Waals surface area contributed by atoms with E-state index in [-0.39, 0.29) is 0 Å². The lowest BCUT2D eigenvalue weighted by Crippen LogP contribution is -2.10. The van der Waals surface area contributed by atoms with E-state index >= 15 is 0 Å². The van der Waals surface area contributed by atoms with Crippen LogP contribution in [-0.4, -0.2) is 41.1 Å². The maximum atomic E-state index is 5.66. The molecule has 0 saturated carbocycles. The Morgan fingerprint density at radius 3 is 2.89 bits per heavy atom. The number of halogens is 1. The molecule has 8 heteroatoms. The third-order valence-corrected chi connectivity index (χ3v) is 3.05. The maximum absolute atomic E-state index is 5.66. The molecule has 0 aliphatic heterocycles. The van der Waals surface area contributed by atoms with E-state index in [9.17, 15) is 0 Å². The second-order valence-electron chi connectivity index (χ2n) is 4.37. The van der Waals surface area contributed by atoms with Gasteiger partial charge in [-0.3, -0.25) is 0 Å². The molecule has 0 aliphatic carbocycles. The van der Waals surface area contributed by atoms with Crippen molar-refractivity contribution in [2.75, 3.05) is 5.88 Å². The summed E-state index contributed by atoms with van der Waals surface area (Å²) in [6.45, 7) is 3.53. The first-order valence-electron chi connectivity index (χ1n) is 6.53. The highest BCUT2D eigenvalue weighted by Gasteiger charge is 2.08. The molecule has 0 spiro atoms. The van der Waals surface area contributed by atoms with Gasteiger partial charge in [0.1, 0.15) is 6.54 Å². The number of nitrogens with zero attached hydrogens (tertiary/aromatic N) is 7. The lowest BCUT2D eigenvalue weighted by Gasteiger charge is -2.02. The standard InChI is InChI=1S/C11H18ClN7/c1-2-3-7-19-11(14-15-17-19)9-18-8-10(13-16-18)5-4-6-12/h8H,2-7,9H2,1H3. The van der Waals surface area contributed by atoms with Gasteiger partial charge in [-0.15, -0.1) is 21.8 Å². The first-order valence-corrected chi connectivity index (χ1v) is 7.07. The lowest BCUT2D eigenvalue weighted by atomic mass is 10.3. The Bertz CT molecular complexity index is 493. The van der Waals surface area contributed by atoms with Gasteiger partial charge in [-0.1, -0.05) is 18.6 Å². The summed E-state index contributed by atoms with van der Waals surface area (Å²) in [5.41, 5.74) is 0.952. The molecule has 0 bridgehead atoms. The highest BCUT2D eigenvalue weighted by Crippen LogP contribution is 2.03. The number of tetrazole rings is 1. The van der Waals surface area contributed by atoms with Crippen molar-refractivity contribution in [3.8, 4) is 0 Å². The second kappa shape index (κ2) is 7.18. The topological polar surface area (TPSA) is 74.3 Å². The molecule has 0 fully saturated rings. The molecule has 2 rings (SSSR count). The molecular weight excluding hydrogens is 266 g/mol. The van der Waals surface area contributed by atoms with Crippen molar-refractivity contribution in [1.82, 2.24) is 35.2 Å². The molecule has 0 amide bonds. The summed E-state index contributed by atoms with van der Waals surface area (Å²) in [6.07, 6.45) is 5.87. The average molecular weight is 284 g/mol. The van der Waals surface area contributed by atoms with Gasteiger partial charge >= 0.3 is 0 Å². The number of aromatic nitrogens is 7. The number of hydrogen-bond acceptors (Lipinski definition) is 5. The smallest absolute Gasteiger partial charge is 0.172 e. The number of aryl methyl sites for hydroxylation is 2. The number of unbranched alkanes of at least 4 members (excludes halogenated alkanes) is 1. The van der Waals surface area contributed by atoms with E-state index in [1.165, 1.54) is 0 Å². The highest BCUT2D eigenvalue weighted by atomic mass is 35.5. The van der Waals surface area contributed by atoms with Crippen LogP contribution in [0, 0.1) is 0 Å². The van der Waals surface area contributed by atoms with Gasteiger partial charge in [0.2, 0.25) is 0 Å². The summed E-state index contributed by atoms with van der Waals surface area (Å²) in [5, 5.41) is 19.9. The minimum Gasteiger partial charge on any atom is -0.245 e. The molecule has 2 aromatic rings. The minimum atomic E-state index is 0.546. The van der Waals surface area contributed by atoms with Gasteiger partial charge in [-0.2, -0.15) is 0 Å². The van der Waals surface area contributed by atoms with Gasteiger partial charge in [0.25, 0.3) is 0 Å². The van der Waals surface area contributed by atoms with Crippen molar-refractivity contribution in [3.63, 3.8) is 0 Å². The van der Waals surface area contributed by atoms with E-state index in [2.05, 4.69) is 32.8 Å². The number of alkyl halides is 1. The molecule has 0 unspecified atom stereocenters. The number of hydrogen-bond donors (Lipinski definition) is 0. The molecule has 2 aromatic heterocycles. The zero-order chi connectivity index (χ0) is 13.5. The summed E-state index contributed by atoms with van der Waals surface area (Å²) in [6, 6.07) is 0. The van der Waals surface area contributed by atoms with Gasteiger partial charge in [0.15, 0.2) is 5.82 Å². The highest BCUT2D eigenvalue weighted by molar-refractivity contribution is 6.17. The molecule has 2 heterocycles. The van der Waals surface area contributed by atoms with Crippen LogP contribution in [0.2, 0.25) is 0 Å². The van der Waals surface area contributed by atoms with E-state index in [1.54, 1.807) is 4.68 Å².